The summed E-state index contributed by atoms with van der Waals surface area (Å²) in [5.74, 6) is -1.82. The smallest absolute Gasteiger partial charge is 0.290 e. The quantitative estimate of drug-likeness (QED) is 0.623. The molecule has 1 amide bonds. The number of ketones is 1. The van der Waals surface area contributed by atoms with Crippen molar-refractivity contribution >= 4 is 11.7 Å². The third-order valence-corrected chi connectivity index (χ3v) is 5.35. The molecule has 5 nitrogen and oxygen atoms in total. The summed E-state index contributed by atoms with van der Waals surface area (Å²) in [5, 5.41) is 10.6. The lowest BCUT2D eigenvalue weighted by Gasteiger charge is -2.26. The van der Waals surface area contributed by atoms with E-state index in [9.17, 15) is 19.1 Å². The molecular weight excluding hydrogens is 395 g/mol. The topological polar surface area (TPSA) is 70.5 Å². The van der Waals surface area contributed by atoms with Crippen LogP contribution in [0.5, 0.6) is 0 Å². The molecule has 3 aromatic rings. The maximum absolute atomic E-state index is 13.3. The van der Waals surface area contributed by atoms with Gasteiger partial charge in [0.2, 0.25) is 0 Å². The fourth-order valence-electron chi connectivity index (χ4n) is 3.81. The zero-order chi connectivity index (χ0) is 21.8. The summed E-state index contributed by atoms with van der Waals surface area (Å²) in [5.41, 5.74) is 2.40. The van der Waals surface area contributed by atoms with E-state index >= 15 is 0 Å². The van der Waals surface area contributed by atoms with Gasteiger partial charge in [0, 0.05) is 25.4 Å². The number of pyridine rings is 1. The van der Waals surface area contributed by atoms with Crippen LogP contribution in [0.1, 0.15) is 29.2 Å². The second-order valence-electron chi connectivity index (χ2n) is 7.42. The van der Waals surface area contributed by atoms with Crippen molar-refractivity contribution in [2.45, 2.75) is 25.4 Å². The van der Waals surface area contributed by atoms with E-state index in [1.165, 1.54) is 17.0 Å². The van der Waals surface area contributed by atoms with E-state index in [0.717, 1.165) is 5.56 Å². The van der Waals surface area contributed by atoms with Gasteiger partial charge in [0.25, 0.3) is 5.91 Å². The Kier molecular flexibility index (Phi) is 5.89. The normalized spacial score (nSPS) is 16.1. The van der Waals surface area contributed by atoms with Gasteiger partial charge in [-0.3, -0.25) is 14.6 Å². The first-order valence-electron chi connectivity index (χ1n) is 10.00. The first-order chi connectivity index (χ1) is 15.0. The molecule has 0 bridgehead atoms. The SMILES string of the molecule is O=C(CCc1ccccc1)C1=C(O)C(=O)N(Cc2ccc(F)cc2)C1c1cccnc1. The molecule has 1 atom stereocenters. The second kappa shape index (κ2) is 8.92. The Labute approximate surface area is 179 Å². The molecular formula is C25H21FN2O3. The first-order valence-corrected chi connectivity index (χ1v) is 10.00. The van der Waals surface area contributed by atoms with Crippen molar-refractivity contribution in [2.24, 2.45) is 0 Å². The van der Waals surface area contributed by atoms with Gasteiger partial charge in [-0.15, -0.1) is 0 Å². The predicted octanol–water partition coefficient (Wildman–Crippen LogP) is 4.32. The van der Waals surface area contributed by atoms with Gasteiger partial charge in [0.05, 0.1) is 11.6 Å². The van der Waals surface area contributed by atoms with Crippen LogP contribution in [0.3, 0.4) is 0 Å². The molecule has 0 spiro atoms. The number of aliphatic hydroxyl groups excluding tert-OH is 1. The molecule has 1 unspecified atom stereocenters. The molecule has 0 fully saturated rings. The lowest BCUT2D eigenvalue weighted by atomic mass is 9.94. The predicted molar refractivity (Wildman–Crippen MR) is 113 cm³/mol. The maximum Gasteiger partial charge on any atom is 0.290 e. The van der Waals surface area contributed by atoms with E-state index in [2.05, 4.69) is 4.98 Å². The molecule has 1 aliphatic heterocycles. The number of amides is 1. The molecule has 1 aromatic heterocycles. The number of aryl methyl sites for hydroxylation is 1. The van der Waals surface area contributed by atoms with Gasteiger partial charge in [0.15, 0.2) is 11.5 Å². The average Bonchev–Trinajstić information content (AvgIpc) is 3.05. The van der Waals surface area contributed by atoms with Crippen molar-refractivity contribution in [3.63, 3.8) is 0 Å². The highest BCUT2D eigenvalue weighted by Gasteiger charge is 2.43. The van der Waals surface area contributed by atoms with Crippen molar-refractivity contribution < 1.29 is 19.1 Å². The number of Topliss-reactive ketones (excluding diaryl/α,β-unsaturated/α-hetero) is 1. The number of hydrogen-bond acceptors (Lipinski definition) is 4. The van der Waals surface area contributed by atoms with Crippen molar-refractivity contribution in [2.75, 3.05) is 0 Å². The number of benzene rings is 2. The molecule has 156 valence electrons. The van der Waals surface area contributed by atoms with Gasteiger partial charge in [-0.1, -0.05) is 48.5 Å². The summed E-state index contributed by atoms with van der Waals surface area (Å²) in [7, 11) is 0. The Morgan fingerprint density at radius 1 is 1.00 bits per heavy atom. The van der Waals surface area contributed by atoms with Gasteiger partial charge < -0.3 is 10.0 Å². The van der Waals surface area contributed by atoms with Gasteiger partial charge in [0.1, 0.15) is 5.82 Å². The van der Waals surface area contributed by atoms with Crippen LogP contribution in [-0.4, -0.2) is 26.7 Å². The molecule has 0 aliphatic carbocycles. The largest absolute Gasteiger partial charge is 0.503 e. The molecule has 31 heavy (non-hydrogen) atoms. The number of aliphatic hydroxyl groups is 1. The van der Waals surface area contributed by atoms with Crippen molar-refractivity contribution in [3.8, 4) is 0 Å². The van der Waals surface area contributed by atoms with Gasteiger partial charge in [-0.2, -0.15) is 0 Å². The third-order valence-electron chi connectivity index (χ3n) is 5.35. The molecule has 0 saturated heterocycles. The van der Waals surface area contributed by atoms with Gasteiger partial charge >= 0.3 is 0 Å². The number of carbonyl (C=O) groups is 2. The molecule has 0 saturated carbocycles. The number of nitrogens with zero attached hydrogens (tertiary/aromatic N) is 2. The minimum Gasteiger partial charge on any atom is -0.503 e. The summed E-state index contributed by atoms with van der Waals surface area (Å²) in [6.45, 7) is 0.123. The summed E-state index contributed by atoms with van der Waals surface area (Å²) >= 11 is 0. The van der Waals surface area contributed by atoms with Crippen LogP contribution in [0.4, 0.5) is 4.39 Å². The van der Waals surface area contributed by atoms with E-state index in [0.29, 0.717) is 17.5 Å². The zero-order valence-electron chi connectivity index (χ0n) is 16.7. The standard InChI is InChI=1S/C25H21FN2O3/c26-20-11-8-18(9-12-20)16-28-23(19-7-4-14-27-15-19)22(24(30)25(28)31)21(29)13-10-17-5-2-1-3-6-17/h1-9,11-12,14-15,23,30H,10,13,16H2. The number of carbonyl (C=O) groups excluding carboxylic acids is 2. The zero-order valence-corrected chi connectivity index (χ0v) is 16.7. The van der Waals surface area contributed by atoms with Crippen LogP contribution in [0.25, 0.3) is 0 Å². The first kappa shape index (κ1) is 20.5. The van der Waals surface area contributed by atoms with Crippen LogP contribution < -0.4 is 0 Å². The Morgan fingerprint density at radius 3 is 2.42 bits per heavy atom. The minimum absolute atomic E-state index is 0.0797. The highest BCUT2D eigenvalue weighted by Crippen LogP contribution is 2.39. The van der Waals surface area contributed by atoms with Crippen molar-refractivity contribution in [1.29, 1.82) is 0 Å². The third kappa shape index (κ3) is 4.38. The Bertz CT molecular complexity index is 1110. The number of rotatable bonds is 7. The molecule has 0 radical (unpaired) electrons. The van der Waals surface area contributed by atoms with Crippen LogP contribution in [0.2, 0.25) is 0 Å². The highest BCUT2D eigenvalue weighted by atomic mass is 19.1. The molecule has 6 heteroatoms. The van der Waals surface area contributed by atoms with Crippen LogP contribution >= 0.6 is 0 Å². The van der Waals surface area contributed by atoms with Gasteiger partial charge in [-0.25, -0.2) is 4.39 Å². The lowest BCUT2D eigenvalue weighted by Crippen LogP contribution is -2.30. The number of halogens is 1. The van der Waals surface area contributed by atoms with E-state index in [4.69, 9.17) is 0 Å². The lowest BCUT2D eigenvalue weighted by molar-refractivity contribution is -0.130. The molecule has 1 N–H and O–H groups in total. The summed E-state index contributed by atoms with van der Waals surface area (Å²) < 4.78 is 13.3. The van der Waals surface area contributed by atoms with E-state index in [1.807, 2.05) is 30.3 Å². The number of hydrogen-bond donors (Lipinski definition) is 1. The number of aromatic nitrogens is 1. The Morgan fingerprint density at radius 2 is 1.74 bits per heavy atom. The van der Waals surface area contributed by atoms with Crippen LogP contribution in [0.15, 0.2) is 90.5 Å². The molecule has 4 rings (SSSR count). The van der Waals surface area contributed by atoms with Gasteiger partial charge in [-0.05, 0) is 41.3 Å². The molecule has 1 aliphatic rings. The summed E-state index contributed by atoms with van der Waals surface area (Å²) in [6.07, 6.45) is 3.85. The van der Waals surface area contributed by atoms with E-state index in [-0.39, 0.29) is 30.1 Å². The molecule has 2 aromatic carbocycles. The van der Waals surface area contributed by atoms with Crippen molar-refractivity contribution in [3.05, 3.63) is 113 Å². The monoisotopic (exact) mass is 416 g/mol. The summed E-state index contributed by atoms with van der Waals surface area (Å²) in [4.78, 5) is 31.6. The van der Waals surface area contributed by atoms with E-state index < -0.39 is 17.7 Å². The maximum atomic E-state index is 13.3. The Hall–Kier alpha value is -3.80. The second-order valence-corrected chi connectivity index (χ2v) is 7.42. The van der Waals surface area contributed by atoms with E-state index in [1.54, 1.807) is 36.7 Å². The van der Waals surface area contributed by atoms with Crippen LogP contribution in [0, 0.1) is 5.82 Å². The molecule has 2 heterocycles. The van der Waals surface area contributed by atoms with Crippen LogP contribution in [-0.2, 0) is 22.6 Å². The Balaban J connectivity index is 1.64. The summed E-state index contributed by atoms with van der Waals surface area (Å²) in [6, 6.07) is 18.1. The fourth-order valence-corrected chi connectivity index (χ4v) is 3.81. The van der Waals surface area contributed by atoms with Crippen molar-refractivity contribution in [1.82, 2.24) is 9.88 Å². The fraction of sp³-hybridized carbons (Fsp3) is 0.160. The minimum atomic E-state index is -0.755. The highest BCUT2D eigenvalue weighted by molar-refractivity contribution is 6.09. The average molecular weight is 416 g/mol.